The smallest absolute Gasteiger partial charge is 0.330 e. The van der Waals surface area contributed by atoms with Gasteiger partial charge in [-0.05, 0) is 104 Å². The van der Waals surface area contributed by atoms with Crippen molar-refractivity contribution in [3.05, 3.63) is 48.1 Å². The number of rotatable bonds is 13. The molecule has 0 N–H and O–H groups in total. The van der Waals surface area contributed by atoms with Crippen LogP contribution in [0.15, 0.2) is 36.7 Å². The Kier molecular flexibility index (Phi) is 12.4. The van der Waals surface area contributed by atoms with Gasteiger partial charge in [0, 0.05) is 87.5 Å². The first-order valence-corrected chi connectivity index (χ1v) is 21.9. The van der Waals surface area contributed by atoms with Crippen LogP contribution < -0.4 is 9.64 Å². The highest BCUT2D eigenvalue weighted by molar-refractivity contribution is 7.86. The fourth-order valence-corrected chi connectivity index (χ4v) is 11.4. The average Bonchev–Trinajstić information content (AvgIpc) is 3.80. The lowest BCUT2D eigenvalue weighted by Gasteiger charge is -2.54. The van der Waals surface area contributed by atoms with Crippen LogP contribution in [0.1, 0.15) is 77.1 Å². The molecule has 2 aromatic rings. The van der Waals surface area contributed by atoms with Crippen LogP contribution in [0.3, 0.4) is 0 Å². The summed E-state index contributed by atoms with van der Waals surface area (Å²) in [4.78, 5) is 50.4. The number of amides is 2. The van der Waals surface area contributed by atoms with E-state index >= 15 is 0 Å². The molecule has 2 atom stereocenters. The van der Waals surface area contributed by atoms with Crippen molar-refractivity contribution in [1.82, 2.24) is 38.5 Å². The third-order valence-corrected chi connectivity index (χ3v) is 14.5. The molecule has 5 aliphatic heterocycles. The van der Waals surface area contributed by atoms with Crippen molar-refractivity contribution < 1.29 is 36.7 Å². The van der Waals surface area contributed by atoms with E-state index in [4.69, 9.17) is 9.47 Å². The fourth-order valence-electron chi connectivity index (χ4n) is 9.49. The van der Waals surface area contributed by atoms with E-state index in [2.05, 4.69) is 25.0 Å². The summed E-state index contributed by atoms with van der Waals surface area (Å²) >= 11 is 0. The normalized spacial score (nSPS) is 23.0. The van der Waals surface area contributed by atoms with Gasteiger partial charge in [0.25, 0.3) is 22.0 Å². The summed E-state index contributed by atoms with van der Waals surface area (Å²) in [5.74, 6) is -0.429. The summed E-state index contributed by atoms with van der Waals surface area (Å²) < 4.78 is 56.1. The second-order valence-electron chi connectivity index (χ2n) is 16.9. The minimum atomic E-state index is -3.65. The van der Waals surface area contributed by atoms with E-state index in [0.717, 1.165) is 64.5 Å². The Hall–Kier alpha value is -4.26. The minimum Gasteiger partial charge on any atom is -0.463 e. The van der Waals surface area contributed by atoms with Gasteiger partial charge >= 0.3 is 5.97 Å². The molecule has 1 aromatic heterocycles. The molecule has 16 nitrogen and oxygen atoms in total. The molecule has 0 unspecified atom stereocenters. The number of carbonyl (C=O) groups excluding carboxylic acids is 3. The predicted octanol–water partition coefficient (Wildman–Crippen LogP) is 3.33. The van der Waals surface area contributed by atoms with Crippen molar-refractivity contribution in [3.63, 3.8) is 0 Å². The number of anilines is 1. The van der Waals surface area contributed by atoms with Crippen LogP contribution >= 0.6 is 0 Å². The summed E-state index contributed by atoms with van der Waals surface area (Å²) in [5, 5.41) is 8.18. The van der Waals surface area contributed by atoms with E-state index in [0.29, 0.717) is 37.8 Å². The lowest BCUT2D eigenvalue weighted by molar-refractivity contribution is -0.137. The first-order valence-electron chi connectivity index (χ1n) is 20.6. The van der Waals surface area contributed by atoms with Crippen molar-refractivity contribution in [2.45, 2.75) is 90.9 Å². The lowest BCUT2D eigenvalue weighted by Crippen LogP contribution is -2.61. The highest BCUT2D eigenvalue weighted by atomic mass is 32.2. The van der Waals surface area contributed by atoms with Crippen molar-refractivity contribution >= 4 is 33.8 Å². The largest absolute Gasteiger partial charge is 0.463 e. The second-order valence-corrected chi connectivity index (χ2v) is 18.8. The van der Waals surface area contributed by atoms with Crippen LogP contribution in [0.2, 0.25) is 0 Å². The van der Waals surface area contributed by atoms with Crippen molar-refractivity contribution in [2.75, 3.05) is 70.4 Å². The number of piperidine rings is 2. The Morgan fingerprint density at radius 3 is 2.34 bits per heavy atom. The van der Waals surface area contributed by atoms with Crippen molar-refractivity contribution in [3.8, 4) is 11.6 Å². The molecule has 2 amide bonds. The first-order chi connectivity index (χ1) is 27.7. The van der Waals surface area contributed by atoms with Crippen LogP contribution in [-0.4, -0.2) is 154 Å². The van der Waals surface area contributed by atoms with Gasteiger partial charge in [-0.2, -0.15) is 17.0 Å². The molecule has 0 radical (unpaired) electrons. The standard InChI is InChI=1S/C40H56FN9O7S/c1-6-56-36(52)10-9-35(51)48-22-32-20-31(48)23-49(32)58(54,55)47-15-11-29(12-16-47)21-45-17-13-40(14-18-45)24-46(25-40)37-38(44-43-26-42-37)57-34-8-7-30(41)19-33(34)39(53)50(27(2)3)28(4)5/h7-10,19,26-29,31-32H,6,11-18,20-25H2,1-5H3/b10-9-/t31-,32-/m1/s1. The number of aromatic nitrogens is 3. The SMILES string of the molecule is CCOC(=O)/C=C\C(=O)N1C[C@H]2C[C@@H]1CN2S(=O)(=O)N1CCC(CN2CCC3(CC2)CN(c2ncnnc2Oc2ccc(F)cc2C(=O)N(C(C)C)C(C)C)C3)CC1. The van der Waals surface area contributed by atoms with Crippen LogP contribution in [0.5, 0.6) is 11.6 Å². The third-order valence-electron chi connectivity index (χ3n) is 12.4. The van der Waals surface area contributed by atoms with Gasteiger partial charge in [-0.15, -0.1) is 10.2 Å². The van der Waals surface area contributed by atoms with Crippen LogP contribution in [0.25, 0.3) is 0 Å². The molecule has 18 heteroatoms. The monoisotopic (exact) mass is 825 g/mol. The minimum absolute atomic E-state index is 0.0986. The Labute approximate surface area is 340 Å². The van der Waals surface area contributed by atoms with E-state index in [9.17, 15) is 27.2 Å². The summed E-state index contributed by atoms with van der Waals surface area (Å²) in [6, 6.07) is 3.25. The number of nitrogens with zero attached hydrogens (tertiary/aromatic N) is 9. The molecule has 1 aromatic carbocycles. The first kappa shape index (κ1) is 41.9. The zero-order valence-electron chi connectivity index (χ0n) is 34.1. The van der Waals surface area contributed by atoms with E-state index in [1.165, 1.54) is 30.6 Å². The number of fused-ring (bicyclic) bond motifs is 2. The molecule has 58 heavy (non-hydrogen) atoms. The average molecular weight is 826 g/mol. The maximum Gasteiger partial charge on any atom is 0.330 e. The van der Waals surface area contributed by atoms with Crippen LogP contribution in [0, 0.1) is 17.2 Å². The van der Waals surface area contributed by atoms with Gasteiger partial charge < -0.3 is 29.1 Å². The van der Waals surface area contributed by atoms with Crippen molar-refractivity contribution in [1.29, 1.82) is 0 Å². The summed E-state index contributed by atoms with van der Waals surface area (Å²) in [6.07, 6.45) is 7.97. The number of esters is 1. The summed E-state index contributed by atoms with van der Waals surface area (Å²) in [6.45, 7) is 15.6. The van der Waals surface area contributed by atoms with E-state index < -0.39 is 22.0 Å². The Bertz CT molecular complexity index is 1970. The number of piperazine rings is 1. The Balaban J connectivity index is 0.874. The van der Waals surface area contributed by atoms with E-state index in [1.54, 1.807) is 25.3 Å². The molecular formula is C40H56FN9O7S. The van der Waals surface area contributed by atoms with Gasteiger partial charge in [0.2, 0.25) is 5.91 Å². The lowest BCUT2D eigenvalue weighted by atomic mass is 9.72. The molecule has 316 valence electrons. The Morgan fingerprint density at radius 2 is 1.71 bits per heavy atom. The number of hydrogen-bond donors (Lipinski definition) is 0. The number of ether oxygens (including phenoxy) is 2. The number of likely N-dealkylation sites (tertiary alicyclic amines) is 2. The number of benzene rings is 1. The van der Waals surface area contributed by atoms with Gasteiger partial charge in [0.1, 0.15) is 17.9 Å². The van der Waals surface area contributed by atoms with E-state index in [-0.39, 0.29) is 71.7 Å². The number of halogens is 1. The summed E-state index contributed by atoms with van der Waals surface area (Å²) in [5.41, 5.74) is 0.247. The molecule has 5 aliphatic rings. The van der Waals surface area contributed by atoms with Gasteiger partial charge in [-0.25, -0.2) is 14.2 Å². The maximum atomic E-state index is 14.4. The molecule has 7 rings (SSSR count). The topological polar surface area (TPSA) is 162 Å². The molecule has 6 heterocycles. The fraction of sp³-hybridized carbons (Fsp3) is 0.650. The number of carbonyl (C=O) groups is 3. The molecular weight excluding hydrogens is 770 g/mol. The zero-order chi connectivity index (χ0) is 41.4. The molecule has 1 spiro atoms. The predicted molar refractivity (Wildman–Crippen MR) is 213 cm³/mol. The maximum absolute atomic E-state index is 14.4. The molecule has 0 saturated carbocycles. The van der Waals surface area contributed by atoms with Gasteiger partial charge in [0.15, 0.2) is 5.82 Å². The highest BCUT2D eigenvalue weighted by Crippen LogP contribution is 2.45. The number of hydrogen-bond acceptors (Lipinski definition) is 12. The van der Waals surface area contributed by atoms with Crippen LogP contribution in [-0.2, 0) is 24.5 Å². The quantitative estimate of drug-likeness (QED) is 0.215. The van der Waals surface area contributed by atoms with Gasteiger partial charge in [0.05, 0.1) is 12.2 Å². The Morgan fingerprint density at radius 1 is 1.00 bits per heavy atom. The van der Waals surface area contributed by atoms with Crippen molar-refractivity contribution in [2.24, 2.45) is 11.3 Å². The molecule has 0 aliphatic carbocycles. The molecule has 5 fully saturated rings. The summed E-state index contributed by atoms with van der Waals surface area (Å²) in [7, 11) is -3.65. The zero-order valence-corrected chi connectivity index (χ0v) is 34.9. The third kappa shape index (κ3) is 8.70. The van der Waals surface area contributed by atoms with E-state index in [1.807, 2.05) is 27.7 Å². The molecule has 2 bridgehead atoms. The molecule has 5 saturated heterocycles. The van der Waals surface area contributed by atoms with Crippen LogP contribution in [0.4, 0.5) is 10.2 Å². The van der Waals surface area contributed by atoms with Gasteiger partial charge in [-0.1, -0.05) is 0 Å². The van der Waals surface area contributed by atoms with Gasteiger partial charge in [-0.3, -0.25) is 9.59 Å². The second kappa shape index (κ2) is 17.1. The highest BCUT2D eigenvalue weighted by Gasteiger charge is 2.51.